The van der Waals surface area contributed by atoms with E-state index < -0.39 is 34.6 Å². The van der Waals surface area contributed by atoms with E-state index in [0.29, 0.717) is 12.8 Å². The highest BCUT2D eigenvalue weighted by Gasteiger charge is 2.76. The lowest BCUT2D eigenvalue weighted by Gasteiger charge is -2.37. The fourth-order valence-corrected chi connectivity index (χ4v) is 10.2. The van der Waals surface area contributed by atoms with Gasteiger partial charge >= 0.3 is 5.97 Å². The molecule has 7 atom stereocenters. The first-order chi connectivity index (χ1) is 18.2. The number of likely N-dealkylation sites (tertiary alicyclic amines) is 1. The van der Waals surface area contributed by atoms with E-state index in [2.05, 4.69) is 21.2 Å². The quantitative estimate of drug-likeness (QED) is 0.353. The van der Waals surface area contributed by atoms with Crippen molar-refractivity contribution in [2.45, 2.75) is 60.5 Å². The summed E-state index contributed by atoms with van der Waals surface area (Å²) in [6.07, 6.45) is 0.967. The zero-order chi connectivity index (χ0) is 27.2. The van der Waals surface area contributed by atoms with Crippen LogP contribution in [0, 0.1) is 25.7 Å². The van der Waals surface area contributed by atoms with Crippen LogP contribution >= 0.6 is 27.7 Å². The molecule has 3 heterocycles. The minimum absolute atomic E-state index is 0.0388. The Labute approximate surface area is 235 Å². The van der Waals surface area contributed by atoms with Crippen LogP contribution in [-0.2, 0) is 25.5 Å². The third-order valence-electron chi connectivity index (χ3n) is 8.18. The molecule has 2 bridgehead atoms. The van der Waals surface area contributed by atoms with Gasteiger partial charge in [-0.2, -0.15) is 0 Å². The number of halogens is 1. The number of aryl methyl sites for hydroxylation is 2. The van der Waals surface area contributed by atoms with Gasteiger partial charge in [-0.1, -0.05) is 64.5 Å². The smallest absolute Gasteiger partial charge is 0.310 e. The number of carbonyl (C=O) groups is 3. The molecule has 2 aromatic rings. The van der Waals surface area contributed by atoms with Crippen LogP contribution in [0.25, 0.3) is 0 Å². The number of amides is 2. The predicted octanol–water partition coefficient (Wildman–Crippen LogP) is 3.87. The summed E-state index contributed by atoms with van der Waals surface area (Å²) in [5.74, 6) is -2.28. The number of anilines is 1. The standard InChI is InChI=1S/C29H33BrN2O5S/c1-4-37-28(36)21-22-27(35)32(19(15-33)13-18-11-6-5-7-12-18)25(29(22)14-20(30)24(21)38-29)26(34)31-23-16(2)9-8-10-17(23)3/h5-12,19-22,24-25,33H,4,13-15H2,1-3H3,(H,31,34)/t19-,20?,21-,22+,24-,25?,29?/m1/s1. The first kappa shape index (κ1) is 27.2. The van der Waals surface area contributed by atoms with E-state index in [1.807, 2.05) is 62.4 Å². The Morgan fingerprint density at radius 2 is 1.87 bits per heavy atom. The third kappa shape index (κ3) is 4.36. The number of nitrogens with zero attached hydrogens (tertiary/aromatic N) is 1. The van der Waals surface area contributed by atoms with Gasteiger partial charge in [0.25, 0.3) is 0 Å². The highest BCUT2D eigenvalue weighted by atomic mass is 79.9. The van der Waals surface area contributed by atoms with E-state index in [-0.39, 0.29) is 35.1 Å². The molecule has 1 spiro atoms. The molecule has 2 aromatic carbocycles. The van der Waals surface area contributed by atoms with Gasteiger partial charge in [-0.3, -0.25) is 14.4 Å². The van der Waals surface area contributed by atoms with Gasteiger partial charge in [0.2, 0.25) is 11.8 Å². The van der Waals surface area contributed by atoms with Gasteiger partial charge in [0.05, 0.1) is 35.8 Å². The Hall–Kier alpha value is -2.36. The number of para-hydroxylation sites is 1. The van der Waals surface area contributed by atoms with Crippen molar-refractivity contribution < 1.29 is 24.2 Å². The van der Waals surface area contributed by atoms with E-state index in [9.17, 15) is 19.5 Å². The normalized spacial score (nSPS) is 30.3. The first-order valence-electron chi connectivity index (χ1n) is 13.1. The summed E-state index contributed by atoms with van der Waals surface area (Å²) in [5, 5.41) is 13.5. The minimum atomic E-state index is -0.852. The second-order valence-corrected chi connectivity index (χ2v) is 13.2. The fourth-order valence-electron chi connectivity index (χ4n) is 6.61. The number of aliphatic hydroxyl groups is 1. The molecule has 2 amide bonds. The second-order valence-electron chi connectivity index (χ2n) is 10.4. The molecule has 7 nitrogen and oxygen atoms in total. The number of carbonyl (C=O) groups excluding carboxylic acids is 3. The molecule has 5 rings (SSSR count). The van der Waals surface area contributed by atoms with Crippen LogP contribution in [0.1, 0.15) is 30.0 Å². The largest absolute Gasteiger partial charge is 0.466 e. The average molecular weight is 602 g/mol. The Morgan fingerprint density at radius 3 is 2.50 bits per heavy atom. The van der Waals surface area contributed by atoms with Crippen LogP contribution in [0.2, 0.25) is 0 Å². The Balaban J connectivity index is 1.58. The number of nitrogens with one attached hydrogen (secondary N) is 1. The molecule has 2 N–H and O–H groups in total. The molecule has 0 radical (unpaired) electrons. The second kappa shape index (κ2) is 10.7. The number of hydrogen-bond donors (Lipinski definition) is 2. The summed E-state index contributed by atoms with van der Waals surface area (Å²) >= 11 is 5.33. The van der Waals surface area contributed by atoms with Crippen LogP contribution in [0.3, 0.4) is 0 Å². The van der Waals surface area contributed by atoms with E-state index in [4.69, 9.17) is 4.74 Å². The minimum Gasteiger partial charge on any atom is -0.466 e. The number of rotatable bonds is 8. The summed E-state index contributed by atoms with van der Waals surface area (Å²) in [7, 11) is 0. The Bertz CT molecular complexity index is 1220. The van der Waals surface area contributed by atoms with Crippen molar-refractivity contribution in [1.82, 2.24) is 4.90 Å². The molecule has 38 heavy (non-hydrogen) atoms. The number of benzene rings is 2. The lowest BCUT2D eigenvalue weighted by atomic mass is 9.71. The van der Waals surface area contributed by atoms with E-state index in [0.717, 1.165) is 22.4 Å². The number of thioether (sulfide) groups is 1. The zero-order valence-electron chi connectivity index (χ0n) is 21.7. The molecule has 0 aliphatic carbocycles. The van der Waals surface area contributed by atoms with Crippen LogP contribution in [-0.4, -0.2) is 67.9 Å². The topological polar surface area (TPSA) is 95.9 Å². The van der Waals surface area contributed by atoms with Gasteiger partial charge in [0.15, 0.2) is 0 Å². The molecule has 3 aliphatic rings. The summed E-state index contributed by atoms with van der Waals surface area (Å²) in [4.78, 5) is 43.3. The molecular weight excluding hydrogens is 568 g/mol. The van der Waals surface area contributed by atoms with Gasteiger partial charge in [0.1, 0.15) is 6.04 Å². The first-order valence-corrected chi connectivity index (χ1v) is 14.9. The lowest BCUT2D eigenvalue weighted by Crippen LogP contribution is -2.55. The summed E-state index contributed by atoms with van der Waals surface area (Å²) in [5.41, 5.74) is 3.54. The molecule has 0 aromatic heterocycles. The van der Waals surface area contributed by atoms with E-state index in [1.54, 1.807) is 23.6 Å². The Kier molecular flexibility index (Phi) is 7.64. The number of fused-ring (bicyclic) bond motifs is 1. The van der Waals surface area contributed by atoms with Crippen molar-refractivity contribution in [3.8, 4) is 0 Å². The highest BCUT2D eigenvalue weighted by Crippen LogP contribution is 2.68. The van der Waals surface area contributed by atoms with E-state index >= 15 is 0 Å². The van der Waals surface area contributed by atoms with Crippen LogP contribution in [0.5, 0.6) is 0 Å². The van der Waals surface area contributed by atoms with Crippen molar-refractivity contribution in [3.05, 3.63) is 65.2 Å². The van der Waals surface area contributed by atoms with Crippen molar-refractivity contribution in [1.29, 1.82) is 0 Å². The van der Waals surface area contributed by atoms with Crippen LogP contribution in [0.4, 0.5) is 5.69 Å². The van der Waals surface area contributed by atoms with Gasteiger partial charge in [0, 0.05) is 15.8 Å². The van der Waals surface area contributed by atoms with Crippen molar-refractivity contribution >= 4 is 51.2 Å². The van der Waals surface area contributed by atoms with E-state index in [1.165, 1.54) is 0 Å². The number of hydrogen-bond acceptors (Lipinski definition) is 6. The van der Waals surface area contributed by atoms with Crippen LogP contribution < -0.4 is 5.32 Å². The number of aliphatic hydroxyl groups excluding tert-OH is 1. The molecule has 3 aliphatic heterocycles. The molecule has 202 valence electrons. The zero-order valence-corrected chi connectivity index (χ0v) is 24.1. The van der Waals surface area contributed by atoms with Crippen molar-refractivity contribution in [2.75, 3.05) is 18.5 Å². The fraction of sp³-hybridized carbons (Fsp3) is 0.483. The summed E-state index contributed by atoms with van der Waals surface area (Å²) < 4.78 is 4.62. The Morgan fingerprint density at radius 1 is 1.18 bits per heavy atom. The molecule has 3 saturated heterocycles. The van der Waals surface area contributed by atoms with Gasteiger partial charge in [-0.05, 0) is 50.3 Å². The molecule has 3 fully saturated rings. The average Bonchev–Trinajstić information content (AvgIpc) is 3.49. The predicted molar refractivity (Wildman–Crippen MR) is 151 cm³/mol. The summed E-state index contributed by atoms with van der Waals surface area (Å²) in [6, 6.07) is 14.0. The maximum Gasteiger partial charge on any atom is 0.310 e. The van der Waals surface area contributed by atoms with Crippen LogP contribution in [0.15, 0.2) is 48.5 Å². The number of alkyl halides is 1. The summed E-state index contributed by atoms with van der Waals surface area (Å²) in [6.45, 7) is 5.56. The lowest BCUT2D eigenvalue weighted by molar-refractivity contribution is -0.154. The molecule has 3 unspecified atom stereocenters. The maximum absolute atomic E-state index is 14.3. The van der Waals surface area contributed by atoms with Gasteiger partial charge in [-0.15, -0.1) is 11.8 Å². The third-order valence-corrected chi connectivity index (χ3v) is 11.4. The molecule has 0 saturated carbocycles. The van der Waals surface area contributed by atoms with Crippen molar-refractivity contribution in [3.63, 3.8) is 0 Å². The van der Waals surface area contributed by atoms with Crippen molar-refractivity contribution in [2.24, 2.45) is 11.8 Å². The SMILES string of the molecule is CCOC(=O)[C@H]1[C@@H]2SC3(CC2Br)C(C(=O)Nc2c(C)cccc2C)N([C@@H](CO)Cc2ccccc2)C(=O)[C@H]13. The molecule has 9 heteroatoms. The maximum atomic E-state index is 14.3. The van der Waals surface area contributed by atoms with Gasteiger partial charge in [-0.25, -0.2) is 0 Å². The molecular formula is C29H33BrN2O5S. The number of ether oxygens (including phenoxy) is 1. The van der Waals surface area contributed by atoms with Gasteiger partial charge < -0.3 is 20.1 Å². The number of esters is 1. The highest BCUT2D eigenvalue weighted by molar-refractivity contribution is 9.09. The monoisotopic (exact) mass is 600 g/mol.